The average Bonchev–Trinajstić information content (AvgIpc) is 2.79. The molecule has 0 spiro atoms. The molecule has 0 atom stereocenters. The van der Waals surface area contributed by atoms with E-state index in [2.05, 4.69) is 0 Å². The summed E-state index contributed by atoms with van der Waals surface area (Å²) in [5.41, 5.74) is 5.45. The van der Waals surface area contributed by atoms with Gasteiger partial charge in [-0.1, -0.05) is 0 Å². The lowest BCUT2D eigenvalue weighted by molar-refractivity contribution is -0.131. The van der Waals surface area contributed by atoms with Crippen molar-refractivity contribution < 1.29 is 28.9 Å². The van der Waals surface area contributed by atoms with Crippen molar-refractivity contribution in [1.82, 2.24) is 0 Å². The molecule has 1 aliphatic rings. The molecule has 100 valence electrons. The van der Waals surface area contributed by atoms with E-state index in [0.717, 1.165) is 6.08 Å². The third-order valence-corrected chi connectivity index (χ3v) is 2.28. The van der Waals surface area contributed by atoms with Crippen LogP contribution in [-0.2, 0) is 9.59 Å². The molecule has 1 aromatic rings. The summed E-state index contributed by atoms with van der Waals surface area (Å²) < 4.78 is 15.5. The van der Waals surface area contributed by atoms with Crippen LogP contribution in [0.25, 0.3) is 6.08 Å². The number of carbonyl (C=O) groups is 2. The van der Waals surface area contributed by atoms with Crippen molar-refractivity contribution in [3.8, 4) is 17.2 Å². The number of carbonyl (C=O) groups excluding carboxylic acids is 1. The molecule has 0 aromatic heterocycles. The first-order valence-corrected chi connectivity index (χ1v) is 5.32. The first-order chi connectivity index (χ1) is 9.06. The molecule has 0 unspecified atom stereocenters. The summed E-state index contributed by atoms with van der Waals surface area (Å²) in [5.74, 6) is -0.492. The van der Waals surface area contributed by atoms with Gasteiger partial charge in [0.25, 0.3) is 5.91 Å². The minimum Gasteiger partial charge on any atom is -0.483 e. The van der Waals surface area contributed by atoms with Gasteiger partial charge in [-0.2, -0.15) is 0 Å². The fraction of sp³-hybridized carbons (Fsp3) is 0.167. The summed E-state index contributed by atoms with van der Waals surface area (Å²) in [6.45, 7) is -0.232. The van der Waals surface area contributed by atoms with Gasteiger partial charge < -0.3 is 25.1 Å². The quantitative estimate of drug-likeness (QED) is 0.745. The number of rotatable bonds is 5. The number of carboxylic acids is 1. The topological polar surface area (TPSA) is 108 Å². The number of fused-ring (bicyclic) bond motifs is 1. The van der Waals surface area contributed by atoms with Crippen molar-refractivity contribution >= 4 is 18.0 Å². The molecule has 7 heteroatoms. The molecular weight excluding hydrogens is 254 g/mol. The summed E-state index contributed by atoms with van der Waals surface area (Å²) in [5, 5.41) is 8.62. The van der Waals surface area contributed by atoms with E-state index in [9.17, 15) is 9.59 Å². The second kappa shape index (κ2) is 5.30. The Balaban J connectivity index is 2.31. The highest BCUT2D eigenvalue weighted by molar-refractivity contribution is 5.86. The molecule has 0 bridgehead atoms. The van der Waals surface area contributed by atoms with Gasteiger partial charge in [0, 0.05) is 17.7 Å². The van der Waals surface area contributed by atoms with Gasteiger partial charge in [-0.3, -0.25) is 4.79 Å². The first-order valence-electron chi connectivity index (χ1n) is 5.32. The predicted octanol–water partition coefficient (Wildman–Crippen LogP) is 0.377. The van der Waals surface area contributed by atoms with Crippen LogP contribution in [0.4, 0.5) is 0 Å². The Kier molecular flexibility index (Phi) is 3.56. The molecule has 1 amide bonds. The van der Waals surface area contributed by atoms with Crippen molar-refractivity contribution in [1.29, 1.82) is 0 Å². The van der Waals surface area contributed by atoms with Gasteiger partial charge in [-0.05, 0) is 12.1 Å². The fourth-order valence-electron chi connectivity index (χ4n) is 1.50. The molecule has 1 aliphatic heterocycles. The smallest absolute Gasteiger partial charge is 0.328 e. The molecule has 0 radical (unpaired) electrons. The van der Waals surface area contributed by atoms with E-state index in [4.69, 9.17) is 25.1 Å². The molecule has 1 heterocycles. The van der Waals surface area contributed by atoms with Crippen molar-refractivity contribution in [2.24, 2.45) is 5.73 Å². The van der Waals surface area contributed by atoms with E-state index in [0.29, 0.717) is 22.8 Å². The number of hydrogen-bond acceptors (Lipinski definition) is 5. The van der Waals surface area contributed by atoms with Crippen LogP contribution in [0.1, 0.15) is 5.56 Å². The van der Waals surface area contributed by atoms with Gasteiger partial charge >= 0.3 is 5.97 Å². The standard InChI is InChI=1S/C12H11NO6/c13-11(14)5-17-8-4-10-9(18-6-19-10)3-7(8)1-2-12(15)16/h1-4H,5-6H2,(H2,13,14)(H,15,16)/b2-1+. The molecule has 0 aliphatic carbocycles. The molecular formula is C12H11NO6. The van der Waals surface area contributed by atoms with E-state index in [1.807, 2.05) is 0 Å². The zero-order chi connectivity index (χ0) is 13.8. The number of nitrogens with two attached hydrogens (primary N) is 1. The maximum atomic E-state index is 10.7. The lowest BCUT2D eigenvalue weighted by atomic mass is 10.1. The Hall–Kier alpha value is -2.70. The van der Waals surface area contributed by atoms with Crippen LogP contribution in [0.5, 0.6) is 17.2 Å². The number of amides is 1. The molecule has 19 heavy (non-hydrogen) atoms. The van der Waals surface area contributed by atoms with Gasteiger partial charge in [0.15, 0.2) is 18.1 Å². The van der Waals surface area contributed by atoms with Crippen LogP contribution in [0.3, 0.4) is 0 Å². The number of hydrogen-bond donors (Lipinski definition) is 2. The van der Waals surface area contributed by atoms with E-state index in [1.54, 1.807) is 6.07 Å². The summed E-state index contributed by atoms with van der Waals surface area (Å²) >= 11 is 0. The summed E-state index contributed by atoms with van der Waals surface area (Å²) in [6.07, 6.45) is 2.29. The van der Waals surface area contributed by atoms with Gasteiger partial charge in [-0.25, -0.2) is 4.79 Å². The summed E-state index contributed by atoms with van der Waals surface area (Å²) in [4.78, 5) is 21.2. The number of aliphatic carboxylic acids is 1. The van der Waals surface area contributed by atoms with Crippen molar-refractivity contribution in [2.45, 2.75) is 0 Å². The monoisotopic (exact) mass is 265 g/mol. The lowest BCUT2D eigenvalue weighted by Crippen LogP contribution is -2.20. The molecule has 2 rings (SSSR count). The van der Waals surface area contributed by atoms with Gasteiger partial charge in [0.05, 0.1) is 0 Å². The maximum absolute atomic E-state index is 10.7. The van der Waals surface area contributed by atoms with Crippen LogP contribution in [0.15, 0.2) is 18.2 Å². The number of benzene rings is 1. The number of carboxylic acid groups (broad SMARTS) is 1. The van der Waals surface area contributed by atoms with Gasteiger partial charge in [0.1, 0.15) is 5.75 Å². The van der Waals surface area contributed by atoms with Crippen molar-refractivity contribution in [3.63, 3.8) is 0 Å². The highest BCUT2D eigenvalue weighted by atomic mass is 16.7. The third-order valence-electron chi connectivity index (χ3n) is 2.28. The predicted molar refractivity (Wildman–Crippen MR) is 63.9 cm³/mol. The first kappa shape index (κ1) is 12.7. The third kappa shape index (κ3) is 3.15. The Morgan fingerprint density at radius 2 is 2.05 bits per heavy atom. The van der Waals surface area contributed by atoms with E-state index in [-0.39, 0.29) is 13.4 Å². The van der Waals surface area contributed by atoms with Crippen LogP contribution in [0, 0.1) is 0 Å². The minimum atomic E-state index is -1.10. The second-order valence-electron chi connectivity index (χ2n) is 3.67. The molecule has 0 saturated carbocycles. The zero-order valence-electron chi connectivity index (χ0n) is 9.79. The van der Waals surface area contributed by atoms with Crippen LogP contribution in [0.2, 0.25) is 0 Å². The zero-order valence-corrected chi connectivity index (χ0v) is 9.79. The number of primary amides is 1. The second-order valence-corrected chi connectivity index (χ2v) is 3.67. The lowest BCUT2D eigenvalue weighted by Gasteiger charge is -2.08. The normalized spacial score (nSPS) is 12.6. The van der Waals surface area contributed by atoms with Crippen molar-refractivity contribution in [3.05, 3.63) is 23.8 Å². The fourth-order valence-corrected chi connectivity index (χ4v) is 1.50. The van der Waals surface area contributed by atoms with E-state index in [1.165, 1.54) is 12.1 Å². The molecule has 7 nitrogen and oxygen atoms in total. The molecule has 0 saturated heterocycles. The van der Waals surface area contributed by atoms with Crippen molar-refractivity contribution in [2.75, 3.05) is 13.4 Å². The number of ether oxygens (including phenoxy) is 3. The van der Waals surface area contributed by atoms with Gasteiger partial charge in [-0.15, -0.1) is 0 Å². The largest absolute Gasteiger partial charge is 0.483 e. The highest BCUT2D eigenvalue weighted by Crippen LogP contribution is 2.38. The van der Waals surface area contributed by atoms with Crippen LogP contribution < -0.4 is 19.9 Å². The van der Waals surface area contributed by atoms with E-state index < -0.39 is 11.9 Å². The molecule has 0 fully saturated rings. The maximum Gasteiger partial charge on any atom is 0.328 e. The Morgan fingerprint density at radius 1 is 1.37 bits per heavy atom. The molecule has 1 aromatic carbocycles. The van der Waals surface area contributed by atoms with Crippen LogP contribution in [-0.4, -0.2) is 30.4 Å². The highest BCUT2D eigenvalue weighted by Gasteiger charge is 2.17. The average molecular weight is 265 g/mol. The van der Waals surface area contributed by atoms with Gasteiger partial charge in [0.2, 0.25) is 6.79 Å². The Morgan fingerprint density at radius 3 is 2.68 bits per heavy atom. The molecule has 3 N–H and O–H groups in total. The van der Waals surface area contributed by atoms with E-state index >= 15 is 0 Å². The minimum absolute atomic E-state index is 0.0801. The Labute approximate surface area is 108 Å². The van der Waals surface area contributed by atoms with Crippen LogP contribution >= 0.6 is 0 Å². The summed E-state index contributed by atoms with van der Waals surface area (Å²) in [7, 11) is 0. The SMILES string of the molecule is NC(=O)COc1cc2c(cc1/C=C/C(=O)O)OCO2. The Bertz CT molecular complexity index is 551. The summed E-state index contributed by atoms with van der Waals surface area (Å²) in [6, 6.07) is 3.09.